The molecule has 0 fully saturated rings. The summed E-state index contributed by atoms with van der Waals surface area (Å²) >= 11 is 0. The van der Waals surface area contributed by atoms with Gasteiger partial charge in [-0.3, -0.25) is 0 Å². The predicted molar refractivity (Wildman–Crippen MR) is 67.2 cm³/mol. The number of aryl methyl sites for hydroxylation is 2. The summed E-state index contributed by atoms with van der Waals surface area (Å²) < 4.78 is 5.61. The standard InChI is InChI=1S/C14H13NO3/c1-9-3-4-10(2)12(7-9)18-13-8-11(14(16)17)5-6-15-13/h3-8H,1-2H3,(H,16,17). The van der Waals surface area contributed by atoms with Crippen LogP contribution in [-0.4, -0.2) is 16.1 Å². The third-order valence-electron chi connectivity index (χ3n) is 2.54. The van der Waals surface area contributed by atoms with Crippen molar-refractivity contribution in [3.63, 3.8) is 0 Å². The van der Waals surface area contributed by atoms with Gasteiger partial charge >= 0.3 is 5.97 Å². The van der Waals surface area contributed by atoms with Crippen molar-refractivity contribution in [1.82, 2.24) is 4.98 Å². The Morgan fingerprint density at radius 3 is 2.72 bits per heavy atom. The zero-order chi connectivity index (χ0) is 13.1. The number of aromatic carboxylic acids is 1. The smallest absolute Gasteiger partial charge is 0.335 e. The second-order valence-corrected chi connectivity index (χ2v) is 4.06. The van der Waals surface area contributed by atoms with Gasteiger partial charge in [-0.1, -0.05) is 12.1 Å². The summed E-state index contributed by atoms with van der Waals surface area (Å²) in [5.74, 6) is -0.0307. The number of carboxylic acids is 1. The summed E-state index contributed by atoms with van der Waals surface area (Å²) in [6, 6.07) is 8.67. The highest BCUT2D eigenvalue weighted by atomic mass is 16.5. The van der Waals surface area contributed by atoms with Crippen LogP contribution in [0.15, 0.2) is 36.5 Å². The van der Waals surface area contributed by atoms with Gasteiger partial charge in [0.15, 0.2) is 0 Å². The van der Waals surface area contributed by atoms with Gasteiger partial charge in [-0.25, -0.2) is 9.78 Å². The molecule has 0 saturated carbocycles. The summed E-state index contributed by atoms with van der Waals surface area (Å²) in [7, 11) is 0. The lowest BCUT2D eigenvalue weighted by Gasteiger charge is -2.08. The van der Waals surface area contributed by atoms with Crippen LogP contribution in [0.4, 0.5) is 0 Å². The van der Waals surface area contributed by atoms with Crippen LogP contribution < -0.4 is 4.74 Å². The van der Waals surface area contributed by atoms with Crippen molar-refractivity contribution in [2.45, 2.75) is 13.8 Å². The molecule has 1 N–H and O–H groups in total. The van der Waals surface area contributed by atoms with E-state index in [-0.39, 0.29) is 11.4 Å². The van der Waals surface area contributed by atoms with Gasteiger partial charge in [0, 0.05) is 12.3 Å². The van der Waals surface area contributed by atoms with E-state index in [0.29, 0.717) is 5.75 Å². The van der Waals surface area contributed by atoms with Crippen LogP contribution in [0.1, 0.15) is 21.5 Å². The van der Waals surface area contributed by atoms with Crippen LogP contribution in [0.3, 0.4) is 0 Å². The number of benzene rings is 1. The lowest BCUT2D eigenvalue weighted by molar-refractivity contribution is 0.0696. The van der Waals surface area contributed by atoms with Crippen LogP contribution >= 0.6 is 0 Å². The molecule has 0 amide bonds. The quantitative estimate of drug-likeness (QED) is 0.899. The minimum absolute atomic E-state index is 0.158. The molecule has 2 aromatic rings. The van der Waals surface area contributed by atoms with E-state index in [1.807, 2.05) is 32.0 Å². The fourth-order valence-corrected chi connectivity index (χ4v) is 1.53. The summed E-state index contributed by atoms with van der Waals surface area (Å²) in [6.45, 7) is 3.89. The molecule has 0 spiro atoms. The Morgan fingerprint density at radius 1 is 1.22 bits per heavy atom. The fraction of sp³-hybridized carbons (Fsp3) is 0.143. The maximum atomic E-state index is 10.8. The second-order valence-electron chi connectivity index (χ2n) is 4.06. The minimum Gasteiger partial charge on any atom is -0.478 e. The molecule has 1 heterocycles. The molecule has 1 aromatic heterocycles. The molecule has 0 aliphatic rings. The van der Waals surface area contributed by atoms with E-state index < -0.39 is 5.97 Å². The normalized spacial score (nSPS) is 10.1. The lowest BCUT2D eigenvalue weighted by atomic mass is 10.1. The monoisotopic (exact) mass is 243 g/mol. The van der Waals surface area contributed by atoms with Crippen LogP contribution in [0.5, 0.6) is 11.6 Å². The number of rotatable bonds is 3. The Labute approximate surface area is 105 Å². The van der Waals surface area contributed by atoms with E-state index in [9.17, 15) is 4.79 Å². The van der Waals surface area contributed by atoms with Crippen molar-refractivity contribution in [2.75, 3.05) is 0 Å². The molecular formula is C14H13NO3. The molecule has 92 valence electrons. The molecule has 0 aliphatic heterocycles. The Balaban J connectivity index is 2.31. The van der Waals surface area contributed by atoms with Crippen molar-refractivity contribution in [3.05, 3.63) is 53.2 Å². The number of nitrogens with zero attached hydrogens (tertiary/aromatic N) is 1. The average molecular weight is 243 g/mol. The molecule has 0 radical (unpaired) electrons. The molecule has 0 bridgehead atoms. The molecule has 0 saturated heterocycles. The largest absolute Gasteiger partial charge is 0.478 e. The summed E-state index contributed by atoms with van der Waals surface area (Å²) in [6.07, 6.45) is 1.42. The van der Waals surface area contributed by atoms with E-state index in [0.717, 1.165) is 11.1 Å². The van der Waals surface area contributed by atoms with Gasteiger partial charge < -0.3 is 9.84 Å². The zero-order valence-electron chi connectivity index (χ0n) is 10.2. The molecule has 18 heavy (non-hydrogen) atoms. The van der Waals surface area contributed by atoms with Crippen molar-refractivity contribution in [2.24, 2.45) is 0 Å². The van der Waals surface area contributed by atoms with Gasteiger partial charge in [-0.15, -0.1) is 0 Å². The van der Waals surface area contributed by atoms with Gasteiger partial charge in [0.05, 0.1) is 5.56 Å². The Bertz CT molecular complexity index is 593. The van der Waals surface area contributed by atoms with E-state index in [4.69, 9.17) is 9.84 Å². The van der Waals surface area contributed by atoms with Crippen molar-refractivity contribution < 1.29 is 14.6 Å². The molecule has 0 unspecified atom stereocenters. The number of pyridine rings is 1. The minimum atomic E-state index is -0.997. The molecule has 0 atom stereocenters. The molecule has 0 aliphatic carbocycles. The van der Waals surface area contributed by atoms with E-state index in [1.54, 1.807) is 0 Å². The highest BCUT2D eigenvalue weighted by Gasteiger charge is 2.07. The zero-order valence-corrected chi connectivity index (χ0v) is 10.2. The topological polar surface area (TPSA) is 59.4 Å². The maximum absolute atomic E-state index is 10.8. The van der Waals surface area contributed by atoms with E-state index in [1.165, 1.54) is 18.3 Å². The molecular weight excluding hydrogens is 230 g/mol. The van der Waals surface area contributed by atoms with Crippen molar-refractivity contribution in [3.8, 4) is 11.6 Å². The van der Waals surface area contributed by atoms with Crippen LogP contribution in [0.25, 0.3) is 0 Å². The second kappa shape index (κ2) is 4.87. The maximum Gasteiger partial charge on any atom is 0.335 e. The first-order chi connectivity index (χ1) is 8.56. The van der Waals surface area contributed by atoms with Crippen LogP contribution in [0, 0.1) is 13.8 Å². The molecule has 4 heteroatoms. The fourth-order valence-electron chi connectivity index (χ4n) is 1.53. The highest BCUT2D eigenvalue weighted by Crippen LogP contribution is 2.25. The summed E-state index contributed by atoms with van der Waals surface area (Å²) in [5, 5.41) is 8.89. The van der Waals surface area contributed by atoms with Gasteiger partial charge in [0.25, 0.3) is 0 Å². The molecule has 1 aromatic carbocycles. The third-order valence-corrected chi connectivity index (χ3v) is 2.54. The SMILES string of the molecule is Cc1ccc(C)c(Oc2cc(C(=O)O)ccn2)c1. The lowest BCUT2D eigenvalue weighted by Crippen LogP contribution is -1.98. The van der Waals surface area contributed by atoms with Gasteiger partial charge in [0.1, 0.15) is 5.75 Å². The van der Waals surface area contributed by atoms with Gasteiger partial charge in [-0.2, -0.15) is 0 Å². The third kappa shape index (κ3) is 2.66. The summed E-state index contributed by atoms with van der Waals surface area (Å²) in [4.78, 5) is 14.8. The van der Waals surface area contributed by atoms with Gasteiger partial charge in [0.2, 0.25) is 5.88 Å². The number of carboxylic acid groups (broad SMARTS) is 1. The van der Waals surface area contributed by atoms with Crippen molar-refractivity contribution >= 4 is 5.97 Å². The number of aromatic nitrogens is 1. The predicted octanol–water partition coefficient (Wildman–Crippen LogP) is 3.19. The van der Waals surface area contributed by atoms with Crippen molar-refractivity contribution in [1.29, 1.82) is 0 Å². The summed E-state index contributed by atoms with van der Waals surface area (Å²) in [5.41, 5.74) is 2.21. The first-order valence-electron chi connectivity index (χ1n) is 5.51. The first-order valence-corrected chi connectivity index (χ1v) is 5.51. The number of carbonyl (C=O) groups is 1. The Morgan fingerprint density at radius 2 is 2.00 bits per heavy atom. The Hall–Kier alpha value is -2.36. The van der Waals surface area contributed by atoms with E-state index >= 15 is 0 Å². The number of hydrogen-bond donors (Lipinski definition) is 1. The molecule has 2 rings (SSSR count). The molecule has 4 nitrogen and oxygen atoms in total. The van der Waals surface area contributed by atoms with Crippen LogP contribution in [-0.2, 0) is 0 Å². The number of ether oxygens (including phenoxy) is 1. The van der Waals surface area contributed by atoms with Gasteiger partial charge in [-0.05, 0) is 37.1 Å². The van der Waals surface area contributed by atoms with E-state index in [2.05, 4.69) is 4.98 Å². The first kappa shape index (κ1) is 12.1. The number of hydrogen-bond acceptors (Lipinski definition) is 3. The Kier molecular flexibility index (Phi) is 3.28. The highest BCUT2D eigenvalue weighted by molar-refractivity contribution is 5.87. The van der Waals surface area contributed by atoms with Crippen LogP contribution in [0.2, 0.25) is 0 Å². The average Bonchev–Trinajstić information content (AvgIpc) is 2.34.